The molecule has 0 aliphatic rings. The van der Waals surface area contributed by atoms with Gasteiger partial charge in [0.2, 0.25) is 6.54 Å². The maximum atomic E-state index is 10.9. The van der Waals surface area contributed by atoms with Crippen LogP contribution in [0.5, 0.6) is 0 Å². The average molecular weight is 280 g/mol. The molecule has 2 aromatic rings. The van der Waals surface area contributed by atoms with E-state index < -0.39 is 6.04 Å². The van der Waals surface area contributed by atoms with Crippen LogP contribution in [-0.2, 0) is 0 Å². The second-order valence-corrected chi connectivity index (χ2v) is 4.89. The summed E-state index contributed by atoms with van der Waals surface area (Å²) in [6, 6.07) is 8.56. The number of halogens is 1. The SMILES string of the molecule is Cc1cc(C)n([C@H](C[N+](=O)[O-])c2cccc(Cl)c2)n1. The number of hydrogen-bond acceptors (Lipinski definition) is 3. The van der Waals surface area contributed by atoms with Crippen LogP contribution in [0.1, 0.15) is 23.0 Å². The summed E-state index contributed by atoms with van der Waals surface area (Å²) >= 11 is 5.96. The van der Waals surface area contributed by atoms with Gasteiger partial charge in [0.15, 0.2) is 0 Å². The molecule has 0 saturated heterocycles. The highest BCUT2D eigenvalue weighted by Gasteiger charge is 2.22. The Hall–Kier alpha value is -1.88. The van der Waals surface area contributed by atoms with E-state index >= 15 is 0 Å². The third-order valence-corrected chi connectivity index (χ3v) is 3.13. The Morgan fingerprint density at radius 1 is 1.42 bits per heavy atom. The molecule has 0 unspecified atom stereocenters. The maximum Gasteiger partial charge on any atom is 0.230 e. The van der Waals surface area contributed by atoms with Gasteiger partial charge in [0.25, 0.3) is 0 Å². The molecule has 0 aliphatic heterocycles. The Bertz CT molecular complexity index is 610. The Morgan fingerprint density at radius 3 is 2.68 bits per heavy atom. The molecule has 0 aliphatic carbocycles. The predicted octanol–water partition coefficient (Wildman–Crippen LogP) is 3.02. The van der Waals surface area contributed by atoms with Gasteiger partial charge in [0.05, 0.1) is 5.69 Å². The van der Waals surface area contributed by atoms with Gasteiger partial charge in [-0.25, -0.2) is 0 Å². The number of benzene rings is 1. The zero-order chi connectivity index (χ0) is 14.0. The van der Waals surface area contributed by atoms with E-state index in [4.69, 9.17) is 11.6 Å². The van der Waals surface area contributed by atoms with Crippen LogP contribution in [0.15, 0.2) is 30.3 Å². The minimum absolute atomic E-state index is 0.220. The van der Waals surface area contributed by atoms with Gasteiger partial charge >= 0.3 is 0 Å². The molecule has 5 nitrogen and oxygen atoms in total. The van der Waals surface area contributed by atoms with E-state index in [9.17, 15) is 10.1 Å². The molecule has 0 saturated carbocycles. The summed E-state index contributed by atoms with van der Waals surface area (Å²) in [6.45, 7) is 3.53. The molecule has 1 atom stereocenters. The van der Waals surface area contributed by atoms with Crippen molar-refractivity contribution < 1.29 is 4.92 Å². The largest absolute Gasteiger partial charge is 0.264 e. The topological polar surface area (TPSA) is 61.0 Å². The lowest BCUT2D eigenvalue weighted by atomic mass is 10.1. The lowest BCUT2D eigenvalue weighted by molar-refractivity contribution is -0.484. The molecular weight excluding hydrogens is 266 g/mol. The van der Waals surface area contributed by atoms with Crippen LogP contribution < -0.4 is 0 Å². The minimum atomic E-state index is -0.442. The highest BCUT2D eigenvalue weighted by atomic mass is 35.5. The summed E-state index contributed by atoms with van der Waals surface area (Å²) < 4.78 is 1.68. The molecule has 0 amide bonds. The third-order valence-electron chi connectivity index (χ3n) is 2.90. The Labute approximate surface area is 116 Å². The summed E-state index contributed by atoms with van der Waals surface area (Å²) in [5.74, 6) is 0. The molecule has 1 aromatic carbocycles. The van der Waals surface area contributed by atoms with Crippen molar-refractivity contribution in [1.82, 2.24) is 9.78 Å². The molecule has 0 radical (unpaired) electrons. The van der Waals surface area contributed by atoms with Crippen LogP contribution in [0.2, 0.25) is 5.02 Å². The predicted molar refractivity (Wildman–Crippen MR) is 73.2 cm³/mol. The molecule has 2 rings (SSSR count). The van der Waals surface area contributed by atoms with E-state index in [1.807, 2.05) is 26.0 Å². The van der Waals surface area contributed by atoms with E-state index in [0.29, 0.717) is 5.02 Å². The van der Waals surface area contributed by atoms with Gasteiger partial charge in [-0.2, -0.15) is 5.10 Å². The number of hydrogen-bond donors (Lipinski definition) is 0. The zero-order valence-electron chi connectivity index (χ0n) is 10.7. The van der Waals surface area contributed by atoms with Gasteiger partial charge in [0, 0.05) is 15.6 Å². The van der Waals surface area contributed by atoms with Crippen LogP contribution in [0.4, 0.5) is 0 Å². The van der Waals surface area contributed by atoms with E-state index in [0.717, 1.165) is 17.0 Å². The summed E-state index contributed by atoms with van der Waals surface area (Å²) in [7, 11) is 0. The summed E-state index contributed by atoms with van der Waals surface area (Å²) in [5.41, 5.74) is 2.52. The van der Waals surface area contributed by atoms with E-state index in [1.54, 1.807) is 22.9 Å². The lowest BCUT2D eigenvalue weighted by Crippen LogP contribution is -2.22. The Kier molecular flexibility index (Phi) is 3.85. The fraction of sp³-hybridized carbons (Fsp3) is 0.308. The van der Waals surface area contributed by atoms with Crippen molar-refractivity contribution in [2.75, 3.05) is 6.54 Å². The Balaban J connectivity index is 2.47. The van der Waals surface area contributed by atoms with Crippen LogP contribution in [-0.4, -0.2) is 21.2 Å². The first kappa shape index (κ1) is 13.5. The van der Waals surface area contributed by atoms with Gasteiger partial charge in [-0.05, 0) is 37.6 Å². The van der Waals surface area contributed by atoms with Crippen molar-refractivity contribution in [3.63, 3.8) is 0 Å². The van der Waals surface area contributed by atoms with Crippen molar-refractivity contribution in [3.8, 4) is 0 Å². The highest BCUT2D eigenvalue weighted by Crippen LogP contribution is 2.23. The van der Waals surface area contributed by atoms with Gasteiger partial charge in [-0.1, -0.05) is 23.7 Å². The fourth-order valence-corrected chi connectivity index (χ4v) is 2.34. The van der Waals surface area contributed by atoms with Crippen LogP contribution in [0, 0.1) is 24.0 Å². The molecule has 0 bridgehead atoms. The number of nitro groups is 1. The second-order valence-electron chi connectivity index (χ2n) is 4.46. The number of nitrogens with zero attached hydrogens (tertiary/aromatic N) is 3. The quantitative estimate of drug-likeness (QED) is 0.638. The van der Waals surface area contributed by atoms with Crippen molar-refractivity contribution in [1.29, 1.82) is 0 Å². The summed E-state index contributed by atoms with van der Waals surface area (Å²) in [4.78, 5) is 10.6. The van der Waals surface area contributed by atoms with Crippen molar-refractivity contribution in [3.05, 3.63) is 62.4 Å². The molecule has 0 spiro atoms. The molecule has 1 heterocycles. The smallest absolute Gasteiger partial charge is 0.230 e. The summed E-state index contributed by atoms with van der Waals surface area (Å²) in [5, 5.41) is 15.8. The maximum absolute atomic E-state index is 10.9. The van der Waals surface area contributed by atoms with Crippen LogP contribution in [0.3, 0.4) is 0 Å². The fourth-order valence-electron chi connectivity index (χ4n) is 2.14. The van der Waals surface area contributed by atoms with Gasteiger partial charge in [0.1, 0.15) is 6.04 Å². The standard InChI is InChI=1S/C13H14ClN3O2/c1-9-6-10(2)17(15-9)13(8-16(18)19)11-4-3-5-12(14)7-11/h3-7,13H,8H2,1-2H3/t13-/m1/s1. The highest BCUT2D eigenvalue weighted by molar-refractivity contribution is 6.30. The second kappa shape index (κ2) is 5.40. The average Bonchev–Trinajstić information content (AvgIpc) is 2.65. The molecule has 0 N–H and O–H groups in total. The van der Waals surface area contributed by atoms with Crippen molar-refractivity contribution in [2.45, 2.75) is 19.9 Å². The van der Waals surface area contributed by atoms with E-state index in [2.05, 4.69) is 5.10 Å². The van der Waals surface area contributed by atoms with Gasteiger partial charge in [-0.15, -0.1) is 0 Å². The molecule has 100 valence electrons. The third kappa shape index (κ3) is 3.12. The molecule has 6 heteroatoms. The molecule has 0 fully saturated rings. The first-order valence-corrected chi connectivity index (χ1v) is 6.25. The number of aromatic nitrogens is 2. The number of aryl methyl sites for hydroxylation is 2. The number of rotatable bonds is 4. The lowest BCUT2D eigenvalue weighted by Gasteiger charge is -2.16. The monoisotopic (exact) mass is 279 g/mol. The van der Waals surface area contributed by atoms with E-state index in [1.165, 1.54) is 0 Å². The first-order chi connectivity index (χ1) is 8.97. The van der Waals surface area contributed by atoms with Gasteiger partial charge in [-0.3, -0.25) is 14.8 Å². The zero-order valence-corrected chi connectivity index (χ0v) is 11.5. The van der Waals surface area contributed by atoms with Crippen molar-refractivity contribution in [2.24, 2.45) is 0 Å². The molecular formula is C13H14ClN3O2. The summed E-state index contributed by atoms with van der Waals surface area (Å²) in [6.07, 6.45) is 0. The molecule has 1 aromatic heterocycles. The Morgan fingerprint density at radius 2 is 2.16 bits per heavy atom. The van der Waals surface area contributed by atoms with Crippen LogP contribution >= 0.6 is 11.6 Å². The van der Waals surface area contributed by atoms with E-state index in [-0.39, 0.29) is 11.5 Å². The minimum Gasteiger partial charge on any atom is -0.264 e. The van der Waals surface area contributed by atoms with Gasteiger partial charge < -0.3 is 0 Å². The van der Waals surface area contributed by atoms with Crippen molar-refractivity contribution >= 4 is 11.6 Å². The van der Waals surface area contributed by atoms with Crippen LogP contribution in [0.25, 0.3) is 0 Å². The molecule has 19 heavy (non-hydrogen) atoms. The first-order valence-electron chi connectivity index (χ1n) is 5.87. The normalized spacial score (nSPS) is 12.4.